The van der Waals surface area contributed by atoms with Gasteiger partial charge < -0.3 is 14.3 Å². The molecule has 11 nitrogen and oxygen atoms in total. The Balaban J connectivity index is 1.40. The lowest BCUT2D eigenvalue weighted by Gasteiger charge is -2.32. The number of nitrogens with zero attached hydrogens (tertiary/aromatic N) is 8. The van der Waals surface area contributed by atoms with Gasteiger partial charge in [0.05, 0.1) is 23.2 Å². The summed E-state index contributed by atoms with van der Waals surface area (Å²) in [4.78, 5) is 22.6. The molecular formula is C21H18FN9O2. The number of halogens is 1. The van der Waals surface area contributed by atoms with E-state index in [-0.39, 0.29) is 11.8 Å². The minimum atomic E-state index is -0.640. The average molecular weight is 447 g/mol. The van der Waals surface area contributed by atoms with Crippen molar-refractivity contribution < 1.29 is 13.6 Å². The van der Waals surface area contributed by atoms with E-state index in [4.69, 9.17) is 4.42 Å². The predicted molar refractivity (Wildman–Crippen MR) is 112 cm³/mol. The molecule has 0 bridgehead atoms. The van der Waals surface area contributed by atoms with Gasteiger partial charge in [0.25, 0.3) is 5.89 Å². The number of hydrogen-bond acceptors (Lipinski definition) is 7. The van der Waals surface area contributed by atoms with Crippen molar-refractivity contribution in [2.75, 3.05) is 6.54 Å². The minimum absolute atomic E-state index is 0.158. The largest absolute Gasteiger partial charge is 0.411 e. The monoisotopic (exact) mass is 447 g/mol. The molecule has 6 rings (SSSR count). The van der Waals surface area contributed by atoms with Crippen molar-refractivity contribution in [3.63, 3.8) is 0 Å². The van der Waals surface area contributed by atoms with E-state index < -0.39 is 17.9 Å². The van der Waals surface area contributed by atoms with Gasteiger partial charge in [-0.3, -0.25) is 9.48 Å². The lowest BCUT2D eigenvalue weighted by Crippen LogP contribution is -2.41. The molecule has 1 amide bonds. The van der Waals surface area contributed by atoms with Gasteiger partial charge in [-0.15, -0.1) is 10.2 Å². The molecule has 12 heteroatoms. The molecule has 0 saturated carbocycles. The Labute approximate surface area is 185 Å². The van der Waals surface area contributed by atoms with E-state index in [1.165, 1.54) is 10.6 Å². The first-order chi connectivity index (χ1) is 16.0. The van der Waals surface area contributed by atoms with Gasteiger partial charge in [0.2, 0.25) is 5.95 Å². The van der Waals surface area contributed by atoms with Crippen molar-refractivity contribution in [1.29, 1.82) is 0 Å². The highest BCUT2D eigenvalue weighted by Gasteiger charge is 2.38. The van der Waals surface area contributed by atoms with E-state index >= 15 is 0 Å². The number of rotatable bonds is 3. The topological polar surface area (TPSA) is 123 Å². The number of carbonyl (C=O) groups is 1. The first-order valence-electron chi connectivity index (χ1n) is 10.3. The van der Waals surface area contributed by atoms with Crippen LogP contribution in [-0.4, -0.2) is 56.9 Å². The van der Waals surface area contributed by atoms with E-state index in [1.807, 2.05) is 6.92 Å². The van der Waals surface area contributed by atoms with E-state index in [2.05, 4.69) is 30.4 Å². The smallest absolute Gasteiger partial charge is 0.312 e. The number of aryl methyl sites for hydroxylation is 2. The molecule has 5 aromatic heterocycles. The number of aromatic nitrogens is 8. The van der Waals surface area contributed by atoms with Gasteiger partial charge in [0, 0.05) is 31.4 Å². The second kappa shape index (κ2) is 7.08. The summed E-state index contributed by atoms with van der Waals surface area (Å²) in [6.45, 7) is 2.27. The standard InChI is InChI=1S/C21H18FN9O2/c1-11-8-15(27-29(11)2)19-25-26-20(33-19)21(32)30-7-6-13-17(24-10-23-13)18(30)14-9-12-4-3-5-16(22)31(12)28-14/h3-5,8-10,18H,6-7H2,1-2H3,(H,23,24)/t18-/m0/s1. The zero-order valence-corrected chi connectivity index (χ0v) is 17.7. The maximum atomic E-state index is 14.3. The van der Waals surface area contributed by atoms with Gasteiger partial charge in [0.1, 0.15) is 11.7 Å². The van der Waals surface area contributed by atoms with E-state index in [0.29, 0.717) is 35.6 Å². The maximum Gasteiger partial charge on any atom is 0.312 e. The van der Waals surface area contributed by atoms with Crippen molar-refractivity contribution in [2.45, 2.75) is 19.4 Å². The number of hydrogen-bond donors (Lipinski definition) is 1. The minimum Gasteiger partial charge on any atom is -0.411 e. The van der Waals surface area contributed by atoms with Gasteiger partial charge in [-0.25, -0.2) is 9.50 Å². The zero-order valence-electron chi connectivity index (χ0n) is 17.7. The Bertz CT molecular complexity index is 1490. The van der Waals surface area contributed by atoms with Crippen LogP contribution in [0, 0.1) is 12.9 Å². The van der Waals surface area contributed by atoms with Crippen molar-refractivity contribution >= 4 is 11.4 Å². The van der Waals surface area contributed by atoms with Crippen LogP contribution in [-0.2, 0) is 13.5 Å². The molecule has 0 aromatic carbocycles. The summed E-state index contributed by atoms with van der Waals surface area (Å²) in [5.74, 6) is -0.961. The van der Waals surface area contributed by atoms with Gasteiger partial charge in [-0.2, -0.15) is 14.6 Å². The number of aromatic amines is 1. The molecule has 33 heavy (non-hydrogen) atoms. The summed E-state index contributed by atoms with van der Waals surface area (Å²) in [7, 11) is 1.80. The number of amides is 1. The van der Waals surface area contributed by atoms with Crippen LogP contribution in [0.1, 0.15) is 39.5 Å². The molecular weight excluding hydrogens is 429 g/mol. The third kappa shape index (κ3) is 3.02. The fraction of sp³-hybridized carbons (Fsp3) is 0.238. The highest BCUT2D eigenvalue weighted by Crippen LogP contribution is 2.34. The molecule has 0 spiro atoms. The Morgan fingerprint density at radius 1 is 1.24 bits per heavy atom. The predicted octanol–water partition coefficient (Wildman–Crippen LogP) is 2.08. The van der Waals surface area contributed by atoms with Crippen LogP contribution in [0.5, 0.6) is 0 Å². The maximum absolute atomic E-state index is 14.3. The third-order valence-electron chi connectivity index (χ3n) is 5.87. The van der Waals surface area contributed by atoms with Crippen molar-refractivity contribution in [1.82, 2.24) is 44.5 Å². The molecule has 0 fully saturated rings. The molecule has 5 aromatic rings. The van der Waals surface area contributed by atoms with E-state index in [9.17, 15) is 9.18 Å². The number of nitrogens with one attached hydrogen (secondary N) is 1. The van der Waals surface area contributed by atoms with Gasteiger partial charge in [-0.05, 0) is 31.2 Å². The quantitative estimate of drug-likeness (QED) is 0.420. The summed E-state index contributed by atoms with van der Waals surface area (Å²) in [5.41, 5.74) is 4.02. The highest BCUT2D eigenvalue weighted by molar-refractivity contribution is 5.90. The van der Waals surface area contributed by atoms with Crippen LogP contribution in [0.25, 0.3) is 17.1 Å². The fourth-order valence-corrected chi connectivity index (χ4v) is 4.13. The average Bonchev–Trinajstić information content (AvgIpc) is 3.59. The number of pyridine rings is 1. The highest BCUT2D eigenvalue weighted by atomic mass is 19.1. The van der Waals surface area contributed by atoms with Crippen molar-refractivity contribution in [2.24, 2.45) is 7.05 Å². The Morgan fingerprint density at radius 2 is 2.12 bits per heavy atom. The normalized spacial score (nSPS) is 15.8. The SMILES string of the molecule is Cc1cc(-c2nnc(C(=O)N3CCc4[nH]cnc4[C@@H]3c3cc4cccc(F)n4n3)o2)nn1C. The van der Waals surface area contributed by atoms with Gasteiger partial charge >= 0.3 is 11.8 Å². The van der Waals surface area contributed by atoms with Crippen LogP contribution in [0.15, 0.2) is 41.1 Å². The summed E-state index contributed by atoms with van der Waals surface area (Å²) >= 11 is 0. The molecule has 0 unspecified atom stereocenters. The molecule has 0 radical (unpaired) electrons. The van der Waals surface area contributed by atoms with Crippen LogP contribution in [0.4, 0.5) is 4.39 Å². The second-order valence-electron chi connectivity index (χ2n) is 7.88. The molecule has 0 saturated heterocycles. The van der Waals surface area contributed by atoms with Crippen LogP contribution >= 0.6 is 0 Å². The first kappa shape index (κ1) is 19.3. The molecule has 1 N–H and O–H groups in total. The number of H-pyrrole nitrogens is 1. The molecule has 0 aliphatic carbocycles. The Hall–Kier alpha value is -4.35. The lowest BCUT2D eigenvalue weighted by molar-refractivity contribution is 0.0646. The fourth-order valence-electron chi connectivity index (χ4n) is 4.13. The van der Waals surface area contributed by atoms with Crippen LogP contribution < -0.4 is 0 Å². The summed E-state index contributed by atoms with van der Waals surface area (Å²) in [5, 5.41) is 16.7. The van der Waals surface area contributed by atoms with Gasteiger partial charge in [-0.1, -0.05) is 6.07 Å². The number of carbonyl (C=O) groups excluding carboxylic acids is 1. The van der Waals surface area contributed by atoms with Gasteiger partial charge in [0.15, 0.2) is 0 Å². The molecule has 1 aliphatic heterocycles. The molecule has 1 aliphatic rings. The number of fused-ring (bicyclic) bond motifs is 2. The lowest BCUT2D eigenvalue weighted by atomic mass is 9.99. The van der Waals surface area contributed by atoms with E-state index in [1.54, 1.807) is 47.2 Å². The summed E-state index contributed by atoms with van der Waals surface area (Å²) in [6, 6.07) is 7.59. The van der Waals surface area contributed by atoms with Crippen molar-refractivity contribution in [3.8, 4) is 11.6 Å². The van der Waals surface area contributed by atoms with E-state index in [0.717, 1.165) is 11.4 Å². The zero-order chi connectivity index (χ0) is 22.7. The summed E-state index contributed by atoms with van der Waals surface area (Å²) in [6.07, 6.45) is 2.15. The van der Waals surface area contributed by atoms with Crippen molar-refractivity contribution in [3.05, 3.63) is 71.3 Å². The molecule has 1 atom stereocenters. The Morgan fingerprint density at radius 3 is 2.91 bits per heavy atom. The van der Waals surface area contributed by atoms with Crippen LogP contribution in [0.2, 0.25) is 0 Å². The summed E-state index contributed by atoms with van der Waals surface area (Å²) < 4.78 is 22.8. The molecule has 6 heterocycles. The number of imidazole rings is 1. The first-order valence-corrected chi connectivity index (χ1v) is 10.3. The second-order valence-corrected chi connectivity index (χ2v) is 7.88. The Kier molecular flexibility index (Phi) is 4.15. The third-order valence-corrected chi connectivity index (χ3v) is 5.87. The van der Waals surface area contributed by atoms with Crippen LogP contribution in [0.3, 0.4) is 0 Å². The molecule has 166 valence electrons.